The lowest BCUT2D eigenvalue weighted by atomic mass is 9.64. The van der Waals surface area contributed by atoms with Gasteiger partial charge in [-0.3, -0.25) is 0 Å². The minimum atomic E-state index is -0.810. The standard InChI is InChI=1S/C35H54F2O/c1-3-5-7-8-26-9-14-28(15-10-26)30-19-21-31(22-20-30)29-16-11-27(12-17-29)13-18-32-23-24-33(35(37)34(32)36)38-25-6-4-2/h3,5,23-24,26-31H,4,6-22,25H2,1-2H3/b5-3+. The van der Waals surface area contributed by atoms with Crippen molar-refractivity contribution in [2.75, 3.05) is 6.61 Å². The van der Waals surface area contributed by atoms with Crippen LogP contribution >= 0.6 is 0 Å². The lowest BCUT2D eigenvalue weighted by Crippen LogP contribution is -2.29. The molecule has 3 saturated carbocycles. The molecule has 0 radical (unpaired) electrons. The Hall–Kier alpha value is -1.38. The molecular formula is C35H54F2O. The molecule has 0 aliphatic heterocycles. The Morgan fingerprint density at radius 2 is 1.26 bits per heavy atom. The second kappa shape index (κ2) is 15.4. The van der Waals surface area contributed by atoms with Gasteiger partial charge in [0, 0.05) is 0 Å². The lowest BCUT2D eigenvalue weighted by molar-refractivity contribution is 0.103. The van der Waals surface area contributed by atoms with E-state index in [4.69, 9.17) is 4.74 Å². The van der Waals surface area contributed by atoms with Gasteiger partial charge in [0.1, 0.15) is 0 Å². The first kappa shape index (κ1) is 29.6. The second-order valence-electron chi connectivity index (χ2n) is 13.0. The van der Waals surface area contributed by atoms with Crippen LogP contribution in [0.5, 0.6) is 5.75 Å². The van der Waals surface area contributed by atoms with Crippen molar-refractivity contribution in [1.82, 2.24) is 0 Å². The minimum Gasteiger partial charge on any atom is -0.490 e. The van der Waals surface area contributed by atoms with E-state index >= 15 is 0 Å². The third-order valence-electron chi connectivity index (χ3n) is 10.6. The highest BCUT2D eigenvalue weighted by molar-refractivity contribution is 5.31. The van der Waals surface area contributed by atoms with Crippen LogP contribution in [-0.4, -0.2) is 6.61 Å². The van der Waals surface area contributed by atoms with Crippen molar-refractivity contribution < 1.29 is 13.5 Å². The lowest BCUT2D eigenvalue weighted by Gasteiger charge is -2.41. The second-order valence-corrected chi connectivity index (χ2v) is 13.0. The molecule has 0 spiro atoms. The van der Waals surface area contributed by atoms with Gasteiger partial charge in [0.25, 0.3) is 0 Å². The Balaban J connectivity index is 1.13. The van der Waals surface area contributed by atoms with Crippen LogP contribution in [0.4, 0.5) is 8.78 Å². The molecule has 3 fully saturated rings. The fraction of sp³-hybridized carbons (Fsp3) is 0.771. The van der Waals surface area contributed by atoms with Crippen molar-refractivity contribution in [3.63, 3.8) is 0 Å². The molecule has 1 aromatic rings. The van der Waals surface area contributed by atoms with E-state index < -0.39 is 11.6 Å². The van der Waals surface area contributed by atoms with Gasteiger partial charge in [-0.25, -0.2) is 4.39 Å². The molecule has 0 amide bonds. The van der Waals surface area contributed by atoms with E-state index in [1.54, 1.807) is 12.1 Å². The van der Waals surface area contributed by atoms with E-state index in [0.717, 1.165) is 48.9 Å². The maximum atomic E-state index is 14.6. The smallest absolute Gasteiger partial charge is 0.200 e. The van der Waals surface area contributed by atoms with Gasteiger partial charge in [-0.15, -0.1) is 0 Å². The summed E-state index contributed by atoms with van der Waals surface area (Å²) < 4.78 is 34.5. The van der Waals surface area contributed by atoms with Crippen molar-refractivity contribution in [2.45, 2.75) is 129 Å². The van der Waals surface area contributed by atoms with Crippen molar-refractivity contribution in [3.8, 4) is 5.75 Å². The summed E-state index contributed by atoms with van der Waals surface area (Å²) in [4.78, 5) is 0. The number of rotatable bonds is 12. The van der Waals surface area contributed by atoms with Crippen LogP contribution in [0.1, 0.15) is 129 Å². The summed E-state index contributed by atoms with van der Waals surface area (Å²) in [5, 5.41) is 0. The first-order valence-electron chi connectivity index (χ1n) is 16.3. The zero-order chi connectivity index (χ0) is 26.7. The summed E-state index contributed by atoms with van der Waals surface area (Å²) in [7, 11) is 0. The van der Waals surface area contributed by atoms with Crippen LogP contribution in [0.15, 0.2) is 24.3 Å². The molecule has 0 unspecified atom stereocenters. The predicted molar refractivity (Wildman–Crippen MR) is 155 cm³/mol. The van der Waals surface area contributed by atoms with Crippen LogP contribution in [-0.2, 0) is 6.42 Å². The van der Waals surface area contributed by atoms with Crippen LogP contribution in [0.25, 0.3) is 0 Å². The summed E-state index contributed by atoms with van der Waals surface area (Å²) in [6.45, 7) is 4.63. The maximum Gasteiger partial charge on any atom is 0.200 e. The molecule has 1 aromatic carbocycles. The van der Waals surface area contributed by atoms with Gasteiger partial charge in [-0.05, 0) is 138 Å². The first-order valence-corrected chi connectivity index (χ1v) is 16.3. The van der Waals surface area contributed by atoms with E-state index in [9.17, 15) is 8.78 Å². The number of hydrogen-bond donors (Lipinski definition) is 0. The van der Waals surface area contributed by atoms with Crippen molar-refractivity contribution in [3.05, 3.63) is 41.5 Å². The van der Waals surface area contributed by atoms with Gasteiger partial charge in [0.05, 0.1) is 6.61 Å². The number of hydrogen-bond acceptors (Lipinski definition) is 1. The zero-order valence-electron chi connectivity index (χ0n) is 24.4. The van der Waals surface area contributed by atoms with Gasteiger partial charge in [-0.2, -0.15) is 4.39 Å². The summed E-state index contributed by atoms with van der Waals surface area (Å²) in [5.41, 5.74) is 0.512. The summed E-state index contributed by atoms with van der Waals surface area (Å²) in [6.07, 6.45) is 27.7. The predicted octanol–water partition coefficient (Wildman–Crippen LogP) is 10.9. The van der Waals surface area contributed by atoms with E-state index in [-0.39, 0.29) is 5.75 Å². The first-order chi connectivity index (χ1) is 18.6. The Kier molecular flexibility index (Phi) is 12.0. The fourth-order valence-electron chi connectivity index (χ4n) is 8.05. The molecule has 38 heavy (non-hydrogen) atoms. The molecule has 0 N–H and O–H groups in total. The molecular weight excluding hydrogens is 474 g/mol. The molecule has 214 valence electrons. The molecule has 0 saturated heterocycles. The number of ether oxygens (including phenoxy) is 1. The van der Waals surface area contributed by atoms with E-state index in [2.05, 4.69) is 26.0 Å². The quantitative estimate of drug-likeness (QED) is 0.194. The Labute approximate surface area is 232 Å². The van der Waals surface area contributed by atoms with E-state index in [1.807, 2.05) is 0 Å². The average Bonchev–Trinajstić information content (AvgIpc) is 2.96. The summed E-state index contributed by atoms with van der Waals surface area (Å²) in [5.74, 6) is 4.04. The van der Waals surface area contributed by atoms with Crippen LogP contribution < -0.4 is 4.74 Å². The molecule has 3 aliphatic carbocycles. The Morgan fingerprint density at radius 1 is 0.737 bits per heavy atom. The molecule has 1 nitrogen and oxygen atoms in total. The Morgan fingerprint density at radius 3 is 1.79 bits per heavy atom. The topological polar surface area (TPSA) is 9.23 Å². The molecule has 4 rings (SSSR count). The molecule has 3 aliphatic rings. The van der Waals surface area contributed by atoms with Crippen LogP contribution in [0.3, 0.4) is 0 Å². The highest BCUT2D eigenvalue weighted by atomic mass is 19.2. The Bertz CT molecular complexity index is 840. The van der Waals surface area contributed by atoms with E-state index in [1.165, 1.54) is 89.9 Å². The van der Waals surface area contributed by atoms with Gasteiger partial charge < -0.3 is 4.74 Å². The minimum absolute atomic E-state index is 0.0580. The molecule has 0 bridgehead atoms. The molecule has 3 heteroatoms. The summed E-state index contributed by atoms with van der Waals surface area (Å²) in [6, 6.07) is 3.35. The normalized spacial score (nSPS) is 30.5. The number of aryl methyl sites for hydroxylation is 1. The largest absolute Gasteiger partial charge is 0.490 e. The maximum absolute atomic E-state index is 14.6. The number of unbranched alkanes of at least 4 members (excludes halogenated alkanes) is 1. The van der Waals surface area contributed by atoms with Gasteiger partial charge in [0.2, 0.25) is 5.82 Å². The highest BCUT2D eigenvalue weighted by Crippen LogP contribution is 2.46. The molecule has 0 atom stereocenters. The zero-order valence-corrected chi connectivity index (χ0v) is 24.4. The third-order valence-corrected chi connectivity index (χ3v) is 10.6. The number of halogens is 2. The fourth-order valence-corrected chi connectivity index (χ4v) is 8.05. The number of benzene rings is 1. The third kappa shape index (κ3) is 8.31. The van der Waals surface area contributed by atoms with Crippen LogP contribution in [0.2, 0.25) is 0 Å². The van der Waals surface area contributed by atoms with Gasteiger partial charge >= 0.3 is 0 Å². The molecule has 0 aromatic heterocycles. The number of allylic oxidation sites excluding steroid dienone is 2. The van der Waals surface area contributed by atoms with Gasteiger partial charge in [0.15, 0.2) is 11.6 Å². The highest BCUT2D eigenvalue weighted by Gasteiger charge is 2.34. The van der Waals surface area contributed by atoms with Gasteiger partial charge in [-0.1, -0.05) is 57.2 Å². The van der Waals surface area contributed by atoms with Crippen molar-refractivity contribution >= 4 is 0 Å². The monoisotopic (exact) mass is 528 g/mol. The van der Waals surface area contributed by atoms with Crippen molar-refractivity contribution in [2.24, 2.45) is 35.5 Å². The molecule has 0 heterocycles. The SMILES string of the molecule is C/C=C/CCC1CCC(C2CCC(C3CCC(CCc4ccc(OCCCC)c(F)c4F)CC3)CC2)CC1. The van der Waals surface area contributed by atoms with Crippen LogP contribution in [0, 0.1) is 47.1 Å². The summed E-state index contributed by atoms with van der Waals surface area (Å²) >= 11 is 0. The van der Waals surface area contributed by atoms with E-state index in [0.29, 0.717) is 24.5 Å². The van der Waals surface area contributed by atoms with Crippen molar-refractivity contribution in [1.29, 1.82) is 0 Å². The average molecular weight is 529 g/mol.